The molecule has 0 radical (unpaired) electrons. The lowest BCUT2D eigenvalue weighted by molar-refractivity contribution is 0.0729. The first kappa shape index (κ1) is 24.8. The van der Waals surface area contributed by atoms with Crippen molar-refractivity contribution in [1.29, 1.82) is 0 Å². The van der Waals surface area contributed by atoms with Gasteiger partial charge in [-0.2, -0.15) is 5.10 Å². The van der Waals surface area contributed by atoms with E-state index in [2.05, 4.69) is 17.1 Å². The maximum absolute atomic E-state index is 12.5. The summed E-state index contributed by atoms with van der Waals surface area (Å²) in [5.41, 5.74) is 3.64. The van der Waals surface area contributed by atoms with E-state index in [1.165, 1.54) is 25.5 Å². The predicted molar refractivity (Wildman–Crippen MR) is 132 cm³/mol. The van der Waals surface area contributed by atoms with Crippen LogP contribution in [0.1, 0.15) is 26.3 Å². The molecule has 0 atom stereocenters. The number of carbonyl (C=O) groups is 2. The van der Waals surface area contributed by atoms with E-state index >= 15 is 0 Å². The van der Waals surface area contributed by atoms with Crippen molar-refractivity contribution in [3.8, 4) is 17.2 Å². The molecule has 0 spiro atoms. The van der Waals surface area contributed by atoms with Crippen LogP contribution in [0.3, 0.4) is 0 Å². The van der Waals surface area contributed by atoms with Crippen molar-refractivity contribution in [3.63, 3.8) is 0 Å². The molecule has 9 heteroatoms. The zero-order valence-electron chi connectivity index (χ0n) is 18.1. The number of rotatable bonds is 9. The first-order chi connectivity index (χ1) is 16.4. The normalized spacial score (nSPS) is 10.6. The van der Waals surface area contributed by atoms with Crippen molar-refractivity contribution in [2.24, 2.45) is 5.10 Å². The molecule has 174 valence electrons. The van der Waals surface area contributed by atoms with Crippen LogP contribution in [-0.4, -0.2) is 31.8 Å². The van der Waals surface area contributed by atoms with Crippen LogP contribution in [0.5, 0.6) is 17.2 Å². The first-order valence-electron chi connectivity index (χ1n) is 9.93. The zero-order valence-corrected chi connectivity index (χ0v) is 19.6. The fraction of sp³-hybridized carbons (Fsp3) is 0.0800. The van der Waals surface area contributed by atoms with Gasteiger partial charge in [-0.1, -0.05) is 35.9 Å². The molecule has 0 aliphatic rings. The molecular weight excluding hydrogens is 479 g/mol. The molecule has 3 aromatic carbocycles. The van der Waals surface area contributed by atoms with Crippen molar-refractivity contribution in [3.05, 3.63) is 100 Å². The van der Waals surface area contributed by atoms with Crippen molar-refractivity contribution >= 4 is 41.3 Å². The van der Waals surface area contributed by atoms with E-state index in [-0.39, 0.29) is 22.2 Å². The maximum atomic E-state index is 12.5. The highest BCUT2D eigenvalue weighted by atomic mass is 35.5. The Morgan fingerprint density at radius 3 is 2.47 bits per heavy atom. The lowest BCUT2D eigenvalue weighted by atomic mass is 10.2. The maximum Gasteiger partial charge on any atom is 0.345 e. The summed E-state index contributed by atoms with van der Waals surface area (Å²) in [5, 5.41) is 4.54. The SMILES string of the molecule is C=CCOc1ccc(C(=O)NN=Cc2ccc(OC(=O)c3ccc(Cl)cc3Cl)c(OC)c2)cc1. The molecule has 1 amide bonds. The van der Waals surface area contributed by atoms with Crippen LogP contribution < -0.4 is 19.6 Å². The molecule has 3 aromatic rings. The average molecular weight is 499 g/mol. The van der Waals surface area contributed by atoms with Crippen LogP contribution in [0.15, 0.2) is 78.4 Å². The molecule has 34 heavy (non-hydrogen) atoms. The van der Waals surface area contributed by atoms with Gasteiger partial charge in [0.15, 0.2) is 11.5 Å². The highest BCUT2D eigenvalue weighted by Crippen LogP contribution is 2.30. The Hall–Kier alpha value is -3.81. The van der Waals surface area contributed by atoms with Crippen molar-refractivity contribution in [2.45, 2.75) is 0 Å². The lowest BCUT2D eigenvalue weighted by Gasteiger charge is -2.10. The lowest BCUT2D eigenvalue weighted by Crippen LogP contribution is -2.17. The molecule has 0 fully saturated rings. The number of halogens is 2. The molecular formula is C25H20Cl2N2O5. The summed E-state index contributed by atoms with van der Waals surface area (Å²) in [7, 11) is 1.44. The third-order valence-corrected chi connectivity index (χ3v) is 4.95. The Morgan fingerprint density at radius 1 is 1.03 bits per heavy atom. The number of hydrogen-bond acceptors (Lipinski definition) is 6. The van der Waals surface area contributed by atoms with Crippen LogP contribution >= 0.6 is 23.2 Å². The number of methoxy groups -OCH3 is 1. The summed E-state index contributed by atoms with van der Waals surface area (Å²) < 4.78 is 16.1. The van der Waals surface area contributed by atoms with E-state index < -0.39 is 5.97 Å². The van der Waals surface area contributed by atoms with Gasteiger partial charge in [-0.15, -0.1) is 0 Å². The topological polar surface area (TPSA) is 86.2 Å². The third-order valence-electron chi connectivity index (χ3n) is 4.41. The predicted octanol–water partition coefficient (Wildman–Crippen LogP) is 5.55. The molecule has 7 nitrogen and oxygen atoms in total. The van der Waals surface area contributed by atoms with Gasteiger partial charge in [0, 0.05) is 10.6 Å². The van der Waals surface area contributed by atoms with Gasteiger partial charge in [0.1, 0.15) is 12.4 Å². The minimum absolute atomic E-state index is 0.168. The molecule has 0 aliphatic carbocycles. The quantitative estimate of drug-likeness (QED) is 0.137. The van der Waals surface area contributed by atoms with Gasteiger partial charge in [0.25, 0.3) is 5.91 Å². The summed E-state index contributed by atoms with van der Waals surface area (Å²) in [5.74, 6) is 0.0758. The van der Waals surface area contributed by atoms with E-state index in [4.69, 9.17) is 37.4 Å². The Balaban J connectivity index is 1.64. The highest BCUT2D eigenvalue weighted by Gasteiger charge is 2.16. The van der Waals surface area contributed by atoms with E-state index in [1.807, 2.05) is 0 Å². The Kier molecular flexibility index (Phi) is 8.67. The standard InChI is InChI=1S/C25H20Cl2N2O5/c1-3-12-33-19-8-5-17(6-9-19)24(30)29-28-15-16-4-11-22(23(13-16)32-2)34-25(31)20-10-7-18(26)14-21(20)27/h3-11,13-15H,1,12H2,2H3,(H,29,30). The monoisotopic (exact) mass is 498 g/mol. The van der Waals surface area contributed by atoms with Gasteiger partial charge in [0.05, 0.1) is 23.9 Å². The molecule has 0 saturated heterocycles. The number of carbonyl (C=O) groups excluding carboxylic acids is 2. The Morgan fingerprint density at radius 2 is 1.79 bits per heavy atom. The number of nitrogens with zero attached hydrogens (tertiary/aromatic N) is 1. The molecule has 0 saturated carbocycles. The second-order valence-corrected chi connectivity index (χ2v) is 7.59. The van der Waals surface area contributed by atoms with Gasteiger partial charge in [0.2, 0.25) is 0 Å². The van der Waals surface area contributed by atoms with Gasteiger partial charge in [-0.3, -0.25) is 4.79 Å². The number of esters is 1. The summed E-state index contributed by atoms with van der Waals surface area (Å²) in [6, 6.07) is 15.9. The molecule has 0 aromatic heterocycles. The van der Waals surface area contributed by atoms with Crippen LogP contribution in [-0.2, 0) is 0 Å². The summed E-state index contributed by atoms with van der Waals surface area (Å²) >= 11 is 11.9. The average Bonchev–Trinajstić information content (AvgIpc) is 2.83. The Bertz CT molecular complexity index is 1230. The van der Waals surface area contributed by atoms with Gasteiger partial charge < -0.3 is 14.2 Å². The van der Waals surface area contributed by atoms with Gasteiger partial charge >= 0.3 is 5.97 Å². The zero-order chi connectivity index (χ0) is 24.5. The van der Waals surface area contributed by atoms with Crippen molar-refractivity contribution in [1.82, 2.24) is 5.43 Å². The fourth-order valence-electron chi connectivity index (χ4n) is 2.75. The minimum Gasteiger partial charge on any atom is -0.493 e. The van der Waals surface area contributed by atoms with E-state index in [1.54, 1.807) is 54.6 Å². The number of hydrazone groups is 1. The number of hydrogen-bond donors (Lipinski definition) is 1. The molecule has 1 N–H and O–H groups in total. The van der Waals surface area contributed by atoms with Crippen molar-refractivity contribution in [2.75, 3.05) is 13.7 Å². The summed E-state index contributed by atoms with van der Waals surface area (Å²) in [6.45, 7) is 3.96. The van der Waals surface area contributed by atoms with E-state index in [9.17, 15) is 9.59 Å². The number of nitrogens with one attached hydrogen (secondary N) is 1. The molecule has 0 bridgehead atoms. The van der Waals surface area contributed by atoms with Crippen LogP contribution in [0.25, 0.3) is 0 Å². The molecule has 0 unspecified atom stereocenters. The summed E-state index contributed by atoms with van der Waals surface area (Å²) in [4.78, 5) is 24.7. The van der Waals surface area contributed by atoms with Gasteiger partial charge in [-0.25, -0.2) is 10.2 Å². The van der Waals surface area contributed by atoms with E-state index in [0.717, 1.165) is 0 Å². The molecule has 0 aliphatic heterocycles. The third kappa shape index (κ3) is 6.60. The first-order valence-corrected chi connectivity index (χ1v) is 10.7. The second-order valence-electron chi connectivity index (χ2n) is 6.75. The smallest absolute Gasteiger partial charge is 0.345 e. The van der Waals surface area contributed by atoms with Crippen LogP contribution in [0.2, 0.25) is 10.0 Å². The summed E-state index contributed by atoms with van der Waals surface area (Å²) in [6.07, 6.45) is 3.07. The van der Waals surface area contributed by atoms with Crippen LogP contribution in [0, 0.1) is 0 Å². The van der Waals surface area contributed by atoms with E-state index in [0.29, 0.717) is 34.3 Å². The molecule has 3 rings (SSSR count). The van der Waals surface area contributed by atoms with Gasteiger partial charge in [-0.05, 0) is 66.2 Å². The fourth-order valence-corrected chi connectivity index (χ4v) is 3.23. The second kappa shape index (κ2) is 11.9. The minimum atomic E-state index is -0.658. The largest absolute Gasteiger partial charge is 0.493 e. The van der Waals surface area contributed by atoms with Crippen molar-refractivity contribution < 1.29 is 23.8 Å². The van der Waals surface area contributed by atoms with Crippen LogP contribution in [0.4, 0.5) is 0 Å². The number of benzene rings is 3. The molecule has 0 heterocycles. The highest BCUT2D eigenvalue weighted by molar-refractivity contribution is 6.36. The number of amides is 1. The Labute approximate surface area is 206 Å². The number of ether oxygens (including phenoxy) is 3.